The van der Waals surface area contributed by atoms with Crippen LogP contribution >= 0.6 is 11.6 Å². The maximum absolute atomic E-state index is 13.3. The van der Waals surface area contributed by atoms with Crippen LogP contribution in [0.15, 0.2) is 47.4 Å². The largest absolute Gasteiger partial charge is 0.275 e. The highest BCUT2D eigenvalue weighted by Crippen LogP contribution is 2.37. The molecule has 0 saturated carbocycles. The Hall–Kier alpha value is -1.99. The van der Waals surface area contributed by atoms with Crippen molar-refractivity contribution in [2.75, 3.05) is 0 Å². The van der Waals surface area contributed by atoms with Crippen molar-refractivity contribution in [2.24, 2.45) is 0 Å². The SMILES string of the molecule is Cc1ccc(S(=O)(=O)C(Cl)c2cc(F)ccc2[N+](=O)[O-])cc1. The van der Waals surface area contributed by atoms with E-state index in [1.807, 2.05) is 0 Å². The van der Waals surface area contributed by atoms with Gasteiger partial charge in [0.1, 0.15) is 5.82 Å². The van der Waals surface area contributed by atoms with Gasteiger partial charge >= 0.3 is 0 Å². The van der Waals surface area contributed by atoms with Crippen LogP contribution in [0.3, 0.4) is 0 Å². The van der Waals surface area contributed by atoms with E-state index >= 15 is 0 Å². The van der Waals surface area contributed by atoms with Gasteiger partial charge in [-0.1, -0.05) is 29.3 Å². The number of nitrogens with zero attached hydrogens (tertiary/aromatic N) is 1. The molecule has 8 heteroatoms. The zero-order valence-electron chi connectivity index (χ0n) is 11.4. The molecule has 0 bridgehead atoms. The molecule has 0 aliphatic heterocycles. The van der Waals surface area contributed by atoms with E-state index in [1.165, 1.54) is 12.1 Å². The molecule has 2 aromatic carbocycles. The van der Waals surface area contributed by atoms with Gasteiger partial charge in [-0.25, -0.2) is 12.8 Å². The smallest absolute Gasteiger partial charge is 0.258 e. The van der Waals surface area contributed by atoms with E-state index in [2.05, 4.69) is 0 Å². The molecule has 22 heavy (non-hydrogen) atoms. The molecule has 0 N–H and O–H groups in total. The first kappa shape index (κ1) is 16.4. The number of sulfone groups is 1. The number of hydrogen-bond acceptors (Lipinski definition) is 4. The lowest BCUT2D eigenvalue weighted by Gasteiger charge is -2.12. The molecule has 2 rings (SSSR count). The summed E-state index contributed by atoms with van der Waals surface area (Å²) < 4.78 is 36.5. The van der Waals surface area contributed by atoms with Crippen LogP contribution in [-0.2, 0) is 9.84 Å². The maximum atomic E-state index is 13.3. The minimum Gasteiger partial charge on any atom is -0.258 e. The topological polar surface area (TPSA) is 77.3 Å². The molecule has 0 aliphatic rings. The van der Waals surface area contributed by atoms with Crippen LogP contribution < -0.4 is 0 Å². The molecular weight excluding hydrogens is 333 g/mol. The Morgan fingerprint density at radius 2 is 1.77 bits per heavy atom. The second-order valence-corrected chi connectivity index (χ2v) is 7.36. The lowest BCUT2D eigenvalue weighted by atomic mass is 10.2. The standard InChI is InChI=1S/C14H11ClFNO4S/c1-9-2-5-11(6-3-9)22(20,21)14(15)12-8-10(16)4-7-13(12)17(18)19/h2-8,14H,1H3. The van der Waals surface area contributed by atoms with Crippen molar-refractivity contribution in [3.05, 3.63) is 69.5 Å². The van der Waals surface area contributed by atoms with Crippen LogP contribution in [0.25, 0.3) is 0 Å². The zero-order chi connectivity index (χ0) is 16.5. The molecule has 0 aliphatic carbocycles. The third kappa shape index (κ3) is 3.10. The van der Waals surface area contributed by atoms with Gasteiger partial charge in [0.2, 0.25) is 0 Å². The molecule has 1 atom stereocenters. The molecular formula is C14H11ClFNO4S. The van der Waals surface area contributed by atoms with Crippen molar-refractivity contribution in [1.82, 2.24) is 0 Å². The fourth-order valence-electron chi connectivity index (χ4n) is 1.89. The Morgan fingerprint density at radius 3 is 2.32 bits per heavy atom. The van der Waals surface area contributed by atoms with E-state index in [9.17, 15) is 22.9 Å². The van der Waals surface area contributed by atoms with Gasteiger partial charge in [-0.15, -0.1) is 0 Å². The Kier molecular flexibility index (Phi) is 4.48. The number of halogens is 2. The van der Waals surface area contributed by atoms with Crippen molar-refractivity contribution in [3.63, 3.8) is 0 Å². The van der Waals surface area contributed by atoms with Crippen LogP contribution in [0, 0.1) is 22.9 Å². The number of aryl methyl sites for hydroxylation is 1. The number of rotatable bonds is 4. The zero-order valence-corrected chi connectivity index (χ0v) is 12.9. The lowest BCUT2D eigenvalue weighted by molar-refractivity contribution is -0.385. The fourth-order valence-corrected chi connectivity index (χ4v) is 3.65. The Morgan fingerprint density at radius 1 is 1.18 bits per heavy atom. The van der Waals surface area contributed by atoms with Crippen molar-refractivity contribution in [2.45, 2.75) is 16.5 Å². The number of alkyl halides is 1. The summed E-state index contributed by atoms with van der Waals surface area (Å²) in [7, 11) is -4.09. The van der Waals surface area contributed by atoms with Crippen LogP contribution in [0.2, 0.25) is 0 Å². The predicted molar refractivity (Wildman–Crippen MR) is 80.0 cm³/mol. The number of hydrogen-bond donors (Lipinski definition) is 0. The molecule has 0 spiro atoms. The van der Waals surface area contributed by atoms with Gasteiger partial charge in [0.05, 0.1) is 15.4 Å². The molecule has 116 valence electrons. The monoisotopic (exact) mass is 343 g/mol. The summed E-state index contributed by atoms with van der Waals surface area (Å²) >= 11 is 5.93. The second kappa shape index (κ2) is 6.02. The number of nitro benzene ring substituents is 1. The summed E-state index contributed by atoms with van der Waals surface area (Å²) in [6.45, 7) is 1.78. The summed E-state index contributed by atoms with van der Waals surface area (Å²) in [5.74, 6) is -0.801. The van der Waals surface area contributed by atoms with Crippen LogP contribution in [0.4, 0.5) is 10.1 Å². The quantitative estimate of drug-likeness (QED) is 0.481. The van der Waals surface area contributed by atoms with Crippen molar-refractivity contribution in [1.29, 1.82) is 0 Å². The van der Waals surface area contributed by atoms with E-state index < -0.39 is 36.5 Å². The van der Waals surface area contributed by atoms with Gasteiger partial charge in [0.15, 0.2) is 14.5 Å². The van der Waals surface area contributed by atoms with Gasteiger partial charge < -0.3 is 0 Å². The van der Waals surface area contributed by atoms with Gasteiger partial charge in [-0.2, -0.15) is 0 Å². The highest BCUT2D eigenvalue weighted by atomic mass is 35.5. The normalized spacial score (nSPS) is 12.9. The molecule has 0 amide bonds. The average molecular weight is 344 g/mol. The highest BCUT2D eigenvalue weighted by Gasteiger charge is 2.32. The van der Waals surface area contributed by atoms with Crippen LogP contribution in [-0.4, -0.2) is 13.3 Å². The Labute approximate surface area is 131 Å². The van der Waals surface area contributed by atoms with E-state index in [1.54, 1.807) is 19.1 Å². The number of benzene rings is 2. The average Bonchev–Trinajstić information content (AvgIpc) is 2.46. The molecule has 2 aromatic rings. The Balaban J connectivity index is 2.55. The number of nitro groups is 1. The predicted octanol–water partition coefficient (Wildman–Crippen LogP) is 3.75. The molecule has 0 heterocycles. The summed E-state index contributed by atoms with van der Waals surface area (Å²) in [5, 5.41) is 11.0. The summed E-state index contributed by atoms with van der Waals surface area (Å²) in [5.41, 5.74) is -0.0915. The lowest BCUT2D eigenvalue weighted by Crippen LogP contribution is -2.11. The van der Waals surface area contributed by atoms with Gasteiger partial charge in [0, 0.05) is 6.07 Å². The van der Waals surface area contributed by atoms with Crippen LogP contribution in [0.1, 0.15) is 15.8 Å². The van der Waals surface area contributed by atoms with Crippen molar-refractivity contribution in [3.8, 4) is 0 Å². The Bertz CT molecular complexity index is 821. The summed E-state index contributed by atoms with van der Waals surface area (Å²) in [4.78, 5) is 10.1. The highest BCUT2D eigenvalue weighted by molar-refractivity contribution is 7.92. The van der Waals surface area contributed by atoms with E-state index in [0.717, 1.165) is 23.8 Å². The first-order valence-corrected chi connectivity index (χ1v) is 8.10. The third-order valence-electron chi connectivity index (χ3n) is 3.05. The van der Waals surface area contributed by atoms with Crippen molar-refractivity contribution >= 4 is 27.1 Å². The van der Waals surface area contributed by atoms with E-state index in [0.29, 0.717) is 0 Å². The fraction of sp³-hybridized carbons (Fsp3) is 0.143. The first-order chi connectivity index (χ1) is 10.2. The minimum atomic E-state index is -4.09. The summed E-state index contributed by atoms with van der Waals surface area (Å²) in [6, 6.07) is 8.40. The van der Waals surface area contributed by atoms with Gasteiger partial charge in [-0.05, 0) is 31.2 Å². The molecule has 1 unspecified atom stereocenters. The maximum Gasteiger partial charge on any atom is 0.275 e. The van der Waals surface area contributed by atoms with Crippen LogP contribution in [0.5, 0.6) is 0 Å². The third-order valence-corrected chi connectivity index (χ3v) is 5.72. The van der Waals surface area contributed by atoms with Gasteiger partial charge in [0.25, 0.3) is 5.69 Å². The second-order valence-electron chi connectivity index (χ2n) is 4.63. The summed E-state index contributed by atoms with van der Waals surface area (Å²) in [6.07, 6.45) is 0. The van der Waals surface area contributed by atoms with Crippen molar-refractivity contribution < 1.29 is 17.7 Å². The molecule has 0 aromatic heterocycles. The first-order valence-electron chi connectivity index (χ1n) is 6.12. The molecule has 0 saturated heterocycles. The minimum absolute atomic E-state index is 0.0864. The van der Waals surface area contributed by atoms with E-state index in [4.69, 9.17) is 11.6 Å². The molecule has 0 fully saturated rings. The van der Waals surface area contributed by atoms with E-state index in [-0.39, 0.29) is 4.90 Å². The van der Waals surface area contributed by atoms with Gasteiger partial charge in [-0.3, -0.25) is 10.1 Å². The molecule has 0 radical (unpaired) electrons. The molecule has 5 nitrogen and oxygen atoms in total.